The average molecular weight is 690 g/mol. The highest BCUT2D eigenvalue weighted by molar-refractivity contribution is 5.88. The highest BCUT2D eigenvalue weighted by atomic mass is 16.5. The molecule has 4 saturated carbocycles. The fraction of sp³-hybridized carbons (Fsp3) is 0.825. The Hall–Kier alpha value is -2.07. The second-order valence-electron chi connectivity index (χ2n) is 16.7. The molecule has 4 fully saturated rings. The van der Waals surface area contributed by atoms with Gasteiger partial charge >= 0.3 is 11.9 Å². The van der Waals surface area contributed by atoms with Crippen LogP contribution in [0.4, 0.5) is 0 Å². The molecule has 0 heterocycles. The van der Waals surface area contributed by atoms with E-state index in [9.17, 15) is 30.0 Å². The van der Waals surface area contributed by atoms with Gasteiger partial charge in [0.25, 0.3) is 0 Å². The van der Waals surface area contributed by atoms with Gasteiger partial charge in [-0.2, -0.15) is 0 Å². The molecule has 0 aromatic carbocycles. The number of ether oxygens (including phenoxy) is 2. The summed E-state index contributed by atoms with van der Waals surface area (Å²) in [5.74, 6) is -0.439. The molecular formula is C40H67NO8. The molecule has 4 aliphatic carbocycles. The van der Waals surface area contributed by atoms with E-state index in [4.69, 9.17) is 14.9 Å². The van der Waals surface area contributed by atoms with Crippen molar-refractivity contribution in [3.63, 3.8) is 0 Å². The van der Waals surface area contributed by atoms with Gasteiger partial charge in [-0.1, -0.05) is 53.7 Å². The van der Waals surface area contributed by atoms with E-state index < -0.39 is 46.6 Å². The third-order valence-electron chi connectivity index (χ3n) is 13.7. The Labute approximate surface area is 295 Å². The van der Waals surface area contributed by atoms with E-state index in [1.807, 2.05) is 34.6 Å². The van der Waals surface area contributed by atoms with E-state index in [0.717, 1.165) is 19.3 Å². The molecule has 4 rings (SSSR count). The first-order valence-electron chi connectivity index (χ1n) is 18.7. The Morgan fingerprint density at radius 3 is 1.86 bits per heavy atom. The maximum atomic E-state index is 12.8. The van der Waals surface area contributed by atoms with Crippen LogP contribution < -0.4 is 0 Å². The summed E-state index contributed by atoms with van der Waals surface area (Å²) in [6.45, 7) is 19.1. The van der Waals surface area contributed by atoms with Crippen molar-refractivity contribution in [2.45, 2.75) is 145 Å². The lowest BCUT2D eigenvalue weighted by molar-refractivity contribution is -0.261. The molecule has 0 aromatic rings. The van der Waals surface area contributed by atoms with Gasteiger partial charge in [-0.3, -0.25) is 0 Å². The zero-order valence-electron chi connectivity index (χ0n) is 31.9. The predicted octanol–water partition coefficient (Wildman–Crippen LogP) is 6.41. The van der Waals surface area contributed by atoms with Crippen LogP contribution in [0.1, 0.15) is 121 Å². The third kappa shape index (κ3) is 7.61. The summed E-state index contributed by atoms with van der Waals surface area (Å²) in [6, 6.07) is 0. The smallest absolute Gasteiger partial charge is 0.333 e. The highest BCUT2D eigenvalue weighted by Gasteiger charge is 2.66. The minimum Gasteiger partial charge on any atom is -0.462 e. The number of carbonyl (C=O) groups is 2. The summed E-state index contributed by atoms with van der Waals surface area (Å²) in [5, 5.41) is 54.6. The maximum Gasteiger partial charge on any atom is 0.333 e. The molecule has 0 aliphatic heterocycles. The molecule has 12 atom stereocenters. The molecule has 0 radical (unpaired) electrons. The van der Waals surface area contributed by atoms with Gasteiger partial charge in [0.15, 0.2) is 0 Å². The lowest BCUT2D eigenvalue weighted by Gasteiger charge is -2.64. The molecule has 9 nitrogen and oxygen atoms in total. The lowest BCUT2D eigenvalue weighted by Crippen LogP contribution is -2.68. The fourth-order valence-electron chi connectivity index (χ4n) is 10.5. The number of fused-ring (bicyclic) bond motifs is 2. The van der Waals surface area contributed by atoms with Crippen molar-refractivity contribution in [3.05, 3.63) is 23.3 Å². The van der Waals surface area contributed by atoms with Crippen molar-refractivity contribution in [1.82, 2.24) is 0 Å². The summed E-state index contributed by atoms with van der Waals surface area (Å²) < 4.78 is 11.5. The van der Waals surface area contributed by atoms with Crippen molar-refractivity contribution in [2.24, 2.45) is 51.2 Å². The normalized spacial score (nSPS) is 42.0. The van der Waals surface area contributed by atoms with Crippen molar-refractivity contribution in [2.75, 3.05) is 13.2 Å². The number of rotatable bonds is 9. The minimum atomic E-state index is -1.27. The summed E-state index contributed by atoms with van der Waals surface area (Å²) >= 11 is 0. The molecule has 49 heavy (non-hydrogen) atoms. The first-order chi connectivity index (χ1) is 22.9. The van der Waals surface area contributed by atoms with Gasteiger partial charge in [-0.05, 0) is 126 Å². The Morgan fingerprint density at radius 2 is 1.31 bits per heavy atom. The highest BCUT2D eigenvalue weighted by Crippen LogP contribution is 2.65. The average Bonchev–Trinajstić information content (AvgIpc) is 3.07. The molecule has 5 N–H and O–H groups in total. The molecule has 0 aromatic heterocycles. The van der Waals surface area contributed by atoms with E-state index in [1.54, 1.807) is 39.8 Å². The van der Waals surface area contributed by atoms with E-state index in [2.05, 4.69) is 6.92 Å². The van der Waals surface area contributed by atoms with Gasteiger partial charge < -0.3 is 35.3 Å². The number of esters is 2. The second kappa shape index (κ2) is 16.1. The molecule has 280 valence electrons. The Kier molecular flexibility index (Phi) is 13.6. The van der Waals surface area contributed by atoms with Crippen LogP contribution in [0.15, 0.2) is 23.3 Å². The maximum absolute atomic E-state index is 12.8. The molecule has 0 amide bonds. The van der Waals surface area contributed by atoms with E-state index >= 15 is 0 Å². The molecule has 0 saturated heterocycles. The third-order valence-corrected chi connectivity index (χ3v) is 13.7. The Balaban J connectivity index is 0.00000319. The van der Waals surface area contributed by atoms with Crippen LogP contribution in [0.2, 0.25) is 0 Å². The van der Waals surface area contributed by atoms with Gasteiger partial charge in [-0.25, -0.2) is 9.59 Å². The fourth-order valence-corrected chi connectivity index (χ4v) is 10.5. The van der Waals surface area contributed by atoms with Crippen LogP contribution in [-0.4, -0.2) is 76.2 Å². The molecule has 4 aliphatic rings. The van der Waals surface area contributed by atoms with Crippen LogP contribution in [-0.2, 0) is 19.1 Å². The monoisotopic (exact) mass is 689 g/mol. The van der Waals surface area contributed by atoms with E-state index in [-0.39, 0.29) is 54.2 Å². The predicted molar refractivity (Wildman–Crippen MR) is 192 cm³/mol. The summed E-state index contributed by atoms with van der Waals surface area (Å²) in [5.41, 5.74) is -1.77. The Bertz CT molecular complexity index is 1240. The number of aliphatic hydroxyl groups is 4. The minimum absolute atomic E-state index is 0.113. The second-order valence-corrected chi connectivity index (χ2v) is 16.7. The van der Waals surface area contributed by atoms with Crippen molar-refractivity contribution >= 4 is 18.2 Å². The van der Waals surface area contributed by atoms with Gasteiger partial charge in [0.1, 0.15) is 6.61 Å². The van der Waals surface area contributed by atoms with Crippen LogP contribution in [0.3, 0.4) is 0 Å². The zero-order valence-corrected chi connectivity index (χ0v) is 31.9. The standard InChI is InChI=1S/C38H61NO8.C2H6/c1-9-22(3)33(44)46-20-37(8)28-13-12-27(26(15-16-39)25(28)11-14-29(37)40)36(7)18-24-17-35(5,6)31(42)32(43)38(24,30(41)19-36)21-47-34(45)23(4)10-2;1-2/h9-10,16,24-32,39-43H,11-15,17-21H2,1-8H3;1-2H3/b22-9-,23-10-,39-16?;/t24?,25?,26?,27?,28?,29?,30-,31?,32+,36+,37-,38?;/m1./s1. The first-order valence-corrected chi connectivity index (χ1v) is 18.7. The van der Waals surface area contributed by atoms with Crippen LogP contribution in [0.25, 0.3) is 0 Å². The molecule has 9 heteroatoms. The first kappa shape index (κ1) is 41.4. The van der Waals surface area contributed by atoms with Crippen molar-refractivity contribution < 1.29 is 39.5 Å². The van der Waals surface area contributed by atoms with Crippen LogP contribution >= 0.6 is 0 Å². The molecular weight excluding hydrogens is 622 g/mol. The lowest BCUT2D eigenvalue weighted by atomic mass is 9.42. The topological polar surface area (TPSA) is 157 Å². The van der Waals surface area contributed by atoms with Gasteiger partial charge in [0.2, 0.25) is 0 Å². The quantitative estimate of drug-likeness (QED) is 0.106. The summed E-state index contributed by atoms with van der Waals surface area (Å²) in [6.07, 6.45) is 6.25. The number of carbonyl (C=O) groups excluding carboxylic acids is 2. The zero-order chi connectivity index (χ0) is 37.1. The molecule has 0 bridgehead atoms. The van der Waals surface area contributed by atoms with Gasteiger partial charge in [0, 0.05) is 16.6 Å². The number of allylic oxidation sites excluding steroid dienone is 2. The number of hydrogen-bond donors (Lipinski definition) is 5. The van der Waals surface area contributed by atoms with Crippen molar-refractivity contribution in [3.8, 4) is 0 Å². The SMILES string of the molecule is C/C=C(/C)C(=O)OCC12C(CC(C)(C)C(O)[C@@H]1O)C[C@](C)(C1CCC3C(CCC(O)[C@]3(C)COC(=O)/C(C)=C\C)C1CC=N)C[C@H]2O.CC. The van der Waals surface area contributed by atoms with Crippen LogP contribution in [0.5, 0.6) is 0 Å². The van der Waals surface area contributed by atoms with E-state index in [0.29, 0.717) is 43.3 Å². The van der Waals surface area contributed by atoms with Gasteiger partial charge in [0.05, 0.1) is 36.4 Å². The largest absolute Gasteiger partial charge is 0.462 e. The number of nitrogens with one attached hydrogen (secondary N) is 1. The van der Waals surface area contributed by atoms with Gasteiger partial charge in [-0.15, -0.1) is 0 Å². The molecule has 8 unspecified atom stereocenters. The number of aliphatic hydroxyl groups excluding tert-OH is 4. The summed E-state index contributed by atoms with van der Waals surface area (Å²) in [7, 11) is 0. The summed E-state index contributed by atoms with van der Waals surface area (Å²) in [4.78, 5) is 25.4. The van der Waals surface area contributed by atoms with Crippen molar-refractivity contribution in [1.29, 1.82) is 5.41 Å². The Morgan fingerprint density at radius 1 is 0.755 bits per heavy atom. The van der Waals surface area contributed by atoms with E-state index in [1.165, 1.54) is 6.21 Å². The number of hydrogen-bond acceptors (Lipinski definition) is 9. The van der Waals surface area contributed by atoms with Crippen LogP contribution in [0, 0.1) is 56.7 Å². The molecule has 0 spiro atoms.